The van der Waals surface area contributed by atoms with Gasteiger partial charge in [-0.1, -0.05) is 73.4 Å². The molecule has 2 heterocycles. The van der Waals surface area contributed by atoms with Crippen LogP contribution < -0.4 is 20.1 Å². The van der Waals surface area contributed by atoms with Crippen LogP contribution in [0.25, 0.3) is 21.8 Å². The minimum atomic E-state index is -4.58. The predicted molar refractivity (Wildman–Crippen MR) is 236 cm³/mol. The van der Waals surface area contributed by atoms with Gasteiger partial charge in [-0.3, -0.25) is 19.0 Å². The van der Waals surface area contributed by atoms with Crippen molar-refractivity contribution in [3.8, 4) is 0 Å². The van der Waals surface area contributed by atoms with Gasteiger partial charge < -0.3 is 19.8 Å². The number of benzene rings is 4. The smallest absolute Gasteiger partial charge is 0.354 e. The average molecular weight is 922 g/mol. The molecule has 19 heteroatoms. The molecule has 12 nitrogen and oxygen atoms in total. The molecule has 0 aliphatic heterocycles. The van der Waals surface area contributed by atoms with E-state index >= 15 is 0 Å². The van der Waals surface area contributed by atoms with Crippen LogP contribution in [-0.4, -0.2) is 69.6 Å². The van der Waals surface area contributed by atoms with E-state index in [2.05, 4.69) is 14.8 Å². The molecule has 4 aromatic carbocycles. The highest BCUT2D eigenvalue weighted by Gasteiger charge is 2.43. The van der Waals surface area contributed by atoms with Crippen LogP contribution >= 0.6 is 23.2 Å². The van der Waals surface area contributed by atoms with Crippen LogP contribution in [0.3, 0.4) is 0 Å². The number of hydrogen-bond acceptors (Lipinski definition) is 6. The van der Waals surface area contributed by atoms with E-state index in [1.54, 1.807) is 90.5 Å². The molecular weight excluding hydrogens is 877 g/mol. The summed E-state index contributed by atoms with van der Waals surface area (Å²) in [4.78, 5) is 26.7. The van der Waals surface area contributed by atoms with Crippen LogP contribution in [0, 0.1) is 0 Å². The molecule has 0 aliphatic rings. The maximum atomic E-state index is 13.4. The third-order valence-electron chi connectivity index (χ3n) is 10.1. The minimum absolute atomic E-state index is 0.117. The monoisotopic (exact) mass is 920 g/mol. The van der Waals surface area contributed by atoms with Crippen LogP contribution in [0.15, 0.2) is 109 Å². The Bertz CT molecular complexity index is 2760. The van der Waals surface area contributed by atoms with Crippen LogP contribution in [0.4, 0.5) is 24.5 Å². The topological polar surface area (TPSA) is 160 Å². The van der Waals surface area contributed by atoms with Gasteiger partial charge in [-0.15, -0.1) is 0 Å². The summed E-state index contributed by atoms with van der Waals surface area (Å²) in [6.45, 7) is 4.53. The third-order valence-corrected chi connectivity index (χ3v) is 11.8. The van der Waals surface area contributed by atoms with E-state index in [9.17, 15) is 39.6 Å². The molecule has 326 valence electrons. The summed E-state index contributed by atoms with van der Waals surface area (Å²) in [7, 11) is -7.01. The Hall–Kier alpha value is -5.23. The first-order chi connectivity index (χ1) is 28.6. The molecule has 2 amide bonds. The first-order valence-corrected chi connectivity index (χ1v) is 23.5. The van der Waals surface area contributed by atoms with Crippen molar-refractivity contribution < 1.29 is 39.6 Å². The van der Waals surface area contributed by atoms with Gasteiger partial charge in [0.2, 0.25) is 20.0 Å². The number of sulfonamides is 2. The van der Waals surface area contributed by atoms with Crippen molar-refractivity contribution in [1.29, 1.82) is 0 Å². The van der Waals surface area contributed by atoms with Crippen molar-refractivity contribution in [2.75, 3.05) is 35.0 Å². The zero-order valence-corrected chi connectivity index (χ0v) is 36.9. The first-order valence-electron chi connectivity index (χ1n) is 18.9. The van der Waals surface area contributed by atoms with Crippen molar-refractivity contribution in [2.24, 2.45) is 0 Å². The molecule has 0 saturated carbocycles. The number of anilines is 2. The summed E-state index contributed by atoms with van der Waals surface area (Å²) >= 11 is 12.1. The van der Waals surface area contributed by atoms with Gasteiger partial charge in [0.15, 0.2) is 0 Å². The molecule has 6 rings (SSSR count). The molecule has 1 unspecified atom stereocenters. The molecule has 6 aromatic rings. The Morgan fingerprint density at radius 1 is 0.590 bits per heavy atom. The number of aromatic nitrogens is 2. The van der Waals surface area contributed by atoms with E-state index in [0.717, 1.165) is 23.6 Å². The molecule has 61 heavy (non-hydrogen) atoms. The van der Waals surface area contributed by atoms with Crippen LogP contribution in [0.5, 0.6) is 0 Å². The van der Waals surface area contributed by atoms with E-state index in [-0.39, 0.29) is 12.3 Å². The number of amides is 2. The highest BCUT2D eigenvalue weighted by molar-refractivity contribution is 7.92. The van der Waals surface area contributed by atoms with Crippen molar-refractivity contribution in [2.45, 2.75) is 50.9 Å². The van der Waals surface area contributed by atoms with Crippen LogP contribution in [0.2, 0.25) is 10.0 Å². The quantitative estimate of drug-likeness (QED) is 0.0858. The lowest BCUT2D eigenvalue weighted by atomic mass is 9.85. The van der Waals surface area contributed by atoms with Crippen molar-refractivity contribution in [3.05, 3.63) is 131 Å². The first kappa shape index (κ1) is 46.8. The molecule has 4 N–H and O–H groups in total. The Balaban J connectivity index is 0.000000232. The van der Waals surface area contributed by atoms with Gasteiger partial charge in [0.1, 0.15) is 17.6 Å². The standard InChI is InChI=1S/C21H21ClF3N3O3S.C21H24ClN3O3S/c1-3-20(14-7-9-15(22)10-8-14,19(29)26-13-21(23,24)25)28-12-11-16-17(27-32(2,30)31)5-4-6-18(16)28;1-4-21(20(26)23-5-2,15-9-11-16(22)12-10-15)25-14-13-17-18(24-29(3,27)28)7-6-8-19(17)25/h4-12,27H,3,13H2,1-2H3,(H,26,29);6-14,24H,4-5H2,1-3H3,(H,23,26)/t20-;/m1./s1. The highest BCUT2D eigenvalue weighted by atomic mass is 35.5. The molecule has 0 aliphatic carbocycles. The summed E-state index contributed by atoms with van der Waals surface area (Å²) < 4.78 is 94.0. The second kappa shape index (κ2) is 18.4. The van der Waals surface area contributed by atoms with Crippen molar-refractivity contribution in [3.63, 3.8) is 0 Å². The van der Waals surface area contributed by atoms with Gasteiger partial charge in [-0.2, -0.15) is 13.2 Å². The van der Waals surface area contributed by atoms with Gasteiger partial charge in [0.05, 0.1) is 34.9 Å². The van der Waals surface area contributed by atoms with E-state index in [1.165, 1.54) is 0 Å². The summed E-state index contributed by atoms with van der Waals surface area (Å²) in [5.41, 5.74) is 0.672. The van der Waals surface area contributed by atoms with Crippen LogP contribution in [-0.2, 0) is 40.7 Å². The number of carbonyl (C=O) groups excluding carboxylic acids is 2. The fourth-order valence-electron chi connectivity index (χ4n) is 7.49. The molecule has 0 spiro atoms. The Labute approximate surface area is 362 Å². The Morgan fingerprint density at radius 2 is 0.967 bits per heavy atom. The molecule has 0 bridgehead atoms. The number of rotatable bonds is 14. The van der Waals surface area contributed by atoms with Gasteiger partial charge in [0.25, 0.3) is 11.8 Å². The van der Waals surface area contributed by atoms with Crippen molar-refractivity contribution in [1.82, 2.24) is 19.8 Å². The lowest BCUT2D eigenvalue weighted by molar-refractivity contribution is -0.142. The summed E-state index contributed by atoms with van der Waals surface area (Å²) in [5.74, 6) is -0.984. The van der Waals surface area contributed by atoms with E-state index < -0.39 is 49.8 Å². The van der Waals surface area contributed by atoms with E-state index in [0.29, 0.717) is 56.2 Å². The highest BCUT2D eigenvalue weighted by Crippen LogP contribution is 2.39. The molecule has 0 saturated heterocycles. The normalized spacial score (nSPS) is 14.0. The Morgan fingerprint density at radius 3 is 1.30 bits per heavy atom. The molecule has 0 fully saturated rings. The minimum Gasteiger partial charge on any atom is -0.354 e. The maximum absolute atomic E-state index is 13.4. The molecular formula is C42H45Cl2F3N6O6S2. The fourth-order valence-corrected chi connectivity index (χ4v) is 8.90. The number of likely N-dealkylation sites (N-methyl/N-ethyl adjacent to an activating group) is 1. The zero-order chi connectivity index (χ0) is 45.0. The van der Waals surface area contributed by atoms with Crippen molar-refractivity contribution >= 4 is 88.2 Å². The number of hydrogen-bond donors (Lipinski definition) is 4. The fraction of sp³-hybridized carbons (Fsp3) is 0.286. The largest absolute Gasteiger partial charge is 0.405 e. The van der Waals surface area contributed by atoms with E-state index in [1.807, 2.05) is 54.2 Å². The van der Waals surface area contributed by atoms with Gasteiger partial charge >= 0.3 is 6.18 Å². The average Bonchev–Trinajstić information content (AvgIpc) is 3.82. The number of nitrogens with one attached hydrogen (secondary N) is 4. The van der Waals surface area contributed by atoms with Gasteiger partial charge in [-0.05, 0) is 91.6 Å². The third kappa shape index (κ3) is 10.3. The number of fused-ring (bicyclic) bond motifs is 2. The SMILES string of the molecule is CCNC(=O)C(CC)(c1ccc(Cl)cc1)n1ccc2c(NS(C)(=O)=O)cccc21.CC[C@](C(=O)NCC(F)(F)F)(c1ccc(Cl)cc1)n1ccc2c(NS(C)(=O)=O)cccc21. The molecule has 2 aromatic heterocycles. The van der Waals surface area contributed by atoms with Crippen LogP contribution in [0.1, 0.15) is 44.7 Å². The zero-order valence-electron chi connectivity index (χ0n) is 33.8. The predicted octanol–water partition coefficient (Wildman–Crippen LogP) is 8.45. The molecule has 2 atom stereocenters. The second-order valence-corrected chi connectivity index (χ2v) is 18.6. The summed E-state index contributed by atoms with van der Waals surface area (Å²) in [6.07, 6.45) is 1.54. The summed E-state index contributed by atoms with van der Waals surface area (Å²) in [5, 5.41) is 7.16. The molecule has 0 radical (unpaired) electrons. The Kier molecular flexibility index (Phi) is 14.1. The number of nitrogens with zero attached hydrogens (tertiary/aromatic N) is 2. The number of halogens is 5. The maximum Gasteiger partial charge on any atom is 0.405 e. The van der Waals surface area contributed by atoms with Gasteiger partial charge in [0, 0.05) is 39.8 Å². The second-order valence-electron chi connectivity index (χ2n) is 14.2. The summed E-state index contributed by atoms with van der Waals surface area (Å²) in [6, 6.07) is 27.1. The van der Waals surface area contributed by atoms with Gasteiger partial charge in [-0.25, -0.2) is 16.8 Å². The number of alkyl halides is 3. The lowest BCUT2D eigenvalue weighted by Gasteiger charge is -2.35. The lowest BCUT2D eigenvalue weighted by Crippen LogP contribution is -2.51. The van der Waals surface area contributed by atoms with E-state index in [4.69, 9.17) is 23.2 Å². The number of carbonyl (C=O) groups is 2.